The van der Waals surface area contributed by atoms with Crippen molar-refractivity contribution in [2.24, 2.45) is 0 Å². The van der Waals surface area contributed by atoms with Crippen molar-refractivity contribution < 1.29 is 23.5 Å². The molecule has 2 aromatic carbocycles. The highest BCUT2D eigenvalue weighted by Gasteiger charge is 2.24. The summed E-state index contributed by atoms with van der Waals surface area (Å²) in [7, 11) is 1.58. The number of carbonyl (C=O) groups excluding carboxylic acids is 2. The van der Waals surface area contributed by atoms with Gasteiger partial charge in [-0.25, -0.2) is 9.18 Å². The van der Waals surface area contributed by atoms with Gasteiger partial charge in [-0.15, -0.1) is 11.3 Å². The fourth-order valence-corrected chi connectivity index (χ4v) is 3.64. The Morgan fingerprint density at radius 2 is 1.69 bits per heavy atom. The van der Waals surface area contributed by atoms with Crippen molar-refractivity contribution >= 4 is 28.2 Å². The summed E-state index contributed by atoms with van der Waals surface area (Å²) in [5, 5.41) is 4.91. The first kappa shape index (κ1) is 20.5. The number of halogens is 1. The fraction of sp³-hybridized carbons (Fsp3) is 0.182. The van der Waals surface area contributed by atoms with Gasteiger partial charge in [-0.1, -0.05) is 12.1 Å². The van der Waals surface area contributed by atoms with Crippen LogP contribution in [0.2, 0.25) is 0 Å². The summed E-state index contributed by atoms with van der Waals surface area (Å²) < 4.78 is 23.7. The van der Waals surface area contributed by atoms with Crippen molar-refractivity contribution in [1.29, 1.82) is 0 Å². The highest BCUT2D eigenvalue weighted by molar-refractivity contribution is 7.15. The quantitative estimate of drug-likeness (QED) is 0.551. The van der Waals surface area contributed by atoms with Gasteiger partial charge in [-0.3, -0.25) is 4.79 Å². The van der Waals surface area contributed by atoms with Crippen molar-refractivity contribution in [3.8, 4) is 16.9 Å². The average Bonchev–Trinajstić information content (AvgIpc) is 3.11. The maximum atomic E-state index is 13.1. The maximum Gasteiger partial charge on any atom is 0.342 e. The van der Waals surface area contributed by atoms with Crippen LogP contribution < -0.4 is 10.1 Å². The predicted octanol–water partition coefficient (Wildman–Crippen LogP) is 5.38. The summed E-state index contributed by atoms with van der Waals surface area (Å²) in [6.07, 6.45) is -0.313. The minimum atomic E-state index is -0.526. The second-order valence-electron chi connectivity index (χ2n) is 6.50. The molecule has 150 valence electrons. The van der Waals surface area contributed by atoms with Crippen LogP contribution in [0, 0.1) is 5.82 Å². The molecule has 29 heavy (non-hydrogen) atoms. The Morgan fingerprint density at radius 3 is 2.28 bits per heavy atom. The summed E-state index contributed by atoms with van der Waals surface area (Å²) in [4.78, 5) is 25.3. The van der Waals surface area contributed by atoms with Crippen LogP contribution in [0.5, 0.6) is 5.75 Å². The minimum Gasteiger partial charge on any atom is -0.497 e. The van der Waals surface area contributed by atoms with E-state index in [1.54, 1.807) is 38.5 Å². The lowest BCUT2D eigenvalue weighted by molar-refractivity contribution is 0.0380. The number of esters is 1. The van der Waals surface area contributed by atoms with Gasteiger partial charge < -0.3 is 14.8 Å². The topological polar surface area (TPSA) is 64.6 Å². The molecule has 0 aliphatic rings. The van der Waals surface area contributed by atoms with E-state index in [0.29, 0.717) is 16.3 Å². The number of methoxy groups -OCH3 is 1. The zero-order chi connectivity index (χ0) is 21.0. The van der Waals surface area contributed by atoms with Gasteiger partial charge in [0.05, 0.1) is 13.2 Å². The summed E-state index contributed by atoms with van der Waals surface area (Å²) in [6, 6.07) is 12.4. The Kier molecular flexibility index (Phi) is 6.29. The number of rotatable bonds is 6. The number of nitrogens with one attached hydrogen (secondary N) is 1. The molecule has 1 amide bonds. The molecular formula is C22H20FNO4S. The molecule has 0 unspecified atom stereocenters. The Labute approximate surface area is 172 Å². The van der Waals surface area contributed by atoms with Gasteiger partial charge in [0, 0.05) is 16.5 Å². The van der Waals surface area contributed by atoms with Crippen molar-refractivity contribution in [3.63, 3.8) is 0 Å². The number of hydrogen-bond acceptors (Lipinski definition) is 5. The van der Waals surface area contributed by atoms with Gasteiger partial charge >= 0.3 is 5.97 Å². The smallest absolute Gasteiger partial charge is 0.342 e. The molecule has 0 aliphatic carbocycles. The Bertz CT molecular complexity index is 1010. The normalized spacial score (nSPS) is 10.7. The van der Waals surface area contributed by atoms with Crippen LogP contribution in [0.15, 0.2) is 53.9 Å². The zero-order valence-electron chi connectivity index (χ0n) is 16.2. The third-order valence-corrected chi connectivity index (χ3v) is 4.97. The van der Waals surface area contributed by atoms with Crippen LogP contribution in [0.25, 0.3) is 11.1 Å². The molecule has 1 heterocycles. The summed E-state index contributed by atoms with van der Waals surface area (Å²) in [5.74, 6) is -0.700. The van der Waals surface area contributed by atoms with Crippen molar-refractivity contribution in [2.45, 2.75) is 20.0 Å². The summed E-state index contributed by atoms with van der Waals surface area (Å²) >= 11 is 1.22. The second-order valence-corrected chi connectivity index (χ2v) is 7.38. The number of carbonyl (C=O) groups is 2. The molecule has 7 heteroatoms. The number of ether oxygens (including phenoxy) is 2. The van der Waals surface area contributed by atoms with Gasteiger partial charge in [0.1, 0.15) is 22.1 Å². The third-order valence-electron chi connectivity index (χ3n) is 4.07. The van der Waals surface area contributed by atoms with Gasteiger partial charge in [0.15, 0.2) is 0 Å². The van der Waals surface area contributed by atoms with Gasteiger partial charge in [0.2, 0.25) is 0 Å². The molecule has 1 N–H and O–H groups in total. The minimum absolute atomic E-state index is 0.282. The largest absolute Gasteiger partial charge is 0.497 e. The molecule has 0 aliphatic heterocycles. The molecular weight excluding hydrogens is 393 g/mol. The first-order valence-electron chi connectivity index (χ1n) is 8.93. The lowest BCUT2D eigenvalue weighted by atomic mass is 10.0. The van der Waals surface area contributed by atoms with Crippen LogP contribution in [0.1, 0.15) is 34.6 Å². The van der Waals surface area contributed by atoms with Crippen LogP contribution >= 0.6 is 11.3 Å². The van der Waals surface area contributed by atoms with Crippen molar-refractivity contribution in [3.05, 3.63) is 70.9 Å². The SMILES string of the molecule is COc1ccc(-c2csc(NC(=O)c3ccc(F)cc3)c2C(=O)OC(C)C)cc1. The standard InChI is InChI=1S/C22H20FNO4S/c1-13(2)28-22(26)19-18(14-6-10-17(27-3)11-7-14)12-29-21(19)24-20(25)15-4-8-16(23)9-5-15/h4-13H,1-3H3,(H,24,25). The van der Waals surface area contributed by atoms with E-state index in [2.05, 4.69) is 5.32 Å². The van der Waals surface area contributed by atoms with E-state index in [1.165, 1.54) is 35.6 Å². The van der Waals surface area contributed by atoms with Crippen LogP contribution in [0.3, 0.4) is 0 Å². The van der Waals surface area contributed by atoms with Gasteiger partial charge in [-0.2, -0.15) is 0 Å². The predicted molar refractivity (Wildman–Crippen MR) is 111 cm³/mol. The van der Waals surface area contributed by atoms with Gasteiger partial charge in [-0.05, 0) is 55.8 Å². The van der Waals surface area contributed by atoms with E-state index >= 15 is 0 Å². The van der Waals surface area contributed by atoms with E-state index in [4.69, 9.17) is 9.47 Å². The fourth-order valence-electron chi connectivity index (χ4n) is 2.69. The number of hydrogen-bond donors (Lipinski definition) is 1. The molecule has 1 aromatic heterocycles. The Balaban J connectivity index is 1.97. The molecule has 0 atom stereocenters. The number of amides is 1. The molecule has 0 fully saturated rings. The number of anilines is 1. The summed E-state index contributed by atoms with van der Waals surface area (Å²) in [5.41, 5.74) is 2.01. The monoisotopic (exact) mass is 413 g/mol. The molecule has 0 spiro atoms. The molecule has 0 saturated carbocycles. The zero-order valence-corrected chi connectivity index (χ0v) is 17.0. The first-order valence-corrected chi connectivity index (χ1v) is 9.81. The molecule has 3 aromatic rings. The highest BCUT2D eigenvalue weighted by atomic mass is 32.1. The van der Waals surface area contributed by atoms with Crippen LogP contribution in [-0.4, -0.2) is 25.1 Å². The number of benzene rings is 2. The van der Waals surface area contributed by atoms with Crippen LogP contribution in [0.4, 0.5) is 9.39 Å². The lowest BCUT2D eigenvalue weighted by Crippen LogP contribution is -2.16. The first-order chi connectivity index (χ1) is 13.9. The van der Waals surface area contributed by atoms with E-state index in [0.717, 1.165) is 5.56 Å². The van der Waals surface area contributed by atoms with Gasteiger partial charge in [0.25, 0.3) is 5.91 Å². The molecule has 5 nitrogen and oxygen atoms in total. The highest BCUT2D eigenvalue weighted by Crippen LogP contribution is 2.37. The van der Waals surface area contributed by atoms with E-state index in [9.17, 15) is 14.0 Å². The molecule has 0 saturated heterocycles. The Hall–Kier alpha value is -3.19. The van der Waals surface area contributed by atoms with Crippen molar-refractivity contribution in [1.82, 2.24) is 0 Å². The lowest BCUT2D eigenvalue weighted by Gasteiger charge is -2.12. The van der Waals surface area contributed by atoms with Crippen LogP contribution in [-0.2, 0) is 4.74 Å². The Morgan fingerprint density at radius 1 is 1.03 bits per heavy atom. The third kappa shape index (κ3) is 4.81. The van der Waals surface area contributed by atoms with E-state index in [-0.39, 0.29) is 17.2 Å². The van der Waals surface area contributed by atoms with E-state index in [1.807, 2.05) is 12.1 Å². The summed E-state index contributed by atoms with van der Waals surface area (Å²) in [6.45, 7) is 3.52. The number of thiophene rings is 1. The maximum absolute atomic E-state index is 13.1. The molecule has 0 radical (unpaired) electrons. The molecule has 0 bridgehead atoms. The van der Waals surface area contributed by atoms with Crippen molar-refractivity contribution in [2.75, 3.05) is 12.4 Å². The average molecular weight is 413 g/mol. The molecule has 3 rings (SSSR count). The second kappa shape index (κ2) is 8.87. The van der Waals surface area contributed by atoms with E-state index < -0.39 is 17.7 Å².